The molecule has 1 aliphatic rings. The zero-order valence-corrected chi connectivity index (χ0v) is 13.8. The third kappa shape index (κ3) is 3.09. The summed E-state index contributed by atoms with van der Waals surface area (Å²) < 4.78 is 0. The van der Waals surface area contributed by atoms with E-state index in [0.717, 1.165) is 18.7 Å². The van der Waals surface area contributed by atoms with E-state index in [1.807, 2.05) is 23.1 Å². The molecule has 3 rings (SSSR count). The second kappa shape index (κ2) is 6.24. The molecule has 0 fully saturated rings. The molecule has 0 saturated heterocycles. The van der Waals surface area contributed by atoms with Gasteiger partial charge in [0.25, 0.3) is 5.91 Å². The fraction of sp³-hybridized carbons (Fsp3) is 0.125. The van der Waals surface area contributed by atoms with E-state index < -0.39 is 0 Å². The van der Waals surface area contributed by atoms with Crippen LogP contribution in [0.4, 0.5) is 5.69 Å². The minimum Gasteiger partial charge on any atom is -0.318 e. The predicted octanol–water partition coefficient (Wildman–Crippen LogP) is 4.07. The number of benzene rings is 2. The largest absolute Gasteiger partial charge is 0.318 e. The average Bonchev–Trinajstić information content (AvgIpc) is 2.90. The Balaban J connectivity index is 1.76. The zero-order chi connectivity index (χ0) is 15.7. The van der Waals surface area contributed by atoms with Crippen LogP contribution in [0, 0.1) is 0 Å². The van der Waals surface area contributed by atoms with Crippen LogP contribution in [-0.4, -0.2) is 17.6 Å². The van der Waals surface area contributed by atoms with Crippen LogP contribution in [0.5, 0.6) is 0 Å². The van der Waals surface area contributed by atoms with Crippen LogP contribution in [0.25, 0.3) is 0 Å². The highest BCUT2D eigenvalue weighted by Gasteiger charge is 2.23. The number of hydrogen-bond acceptors (Lipinski definition) is 2. The molecule has 1 heterocycles. The number of carbonyl (C=O) groups excluding carboxylic acids is 1. The number of fused-ring (bicyclic) bond motifs is 1. The molecule has 1 aliphatic heterocycles. The van der Waals surface area contributed by atoms with Crippen molar-refractivity contribution in [3.63, 3.8) is 0 Å². The van der Waals surface area contributed by atoms with Crippen molar-refractivity contribution in [3.8, 4) is 0 Å². The van der Waals surface area contributed by atoms with Crippen molar-refractivity contribution in [1.29, 1.82) is 0 Å². The number of anilines is 1. The van der Waals surface area contributed by atoms with Gasteiger partial charge in [-0.2, -0.15) is 0 Å². The van der Waals surface area contributed by atoms with Gasteiger partial charge in [-0.1, -0.05) is 41.4 Å². The quantitative estimate of drug-likeness (QED) is 0.786. The van der Waals surface area contributed by atoms with E-state index in [1.165, 1.54) is 5.56 Å². The maximum atomic E-state index is 12.3. The van der Waals surface area contributed by atoms with Crippen LogP contribution in [0.1, 0.15) is 15.9 Å². The summed E-state index contributed by atoms with van der Waals surface area (Å²) in [5.74, 6) is -0.321. The Kier molecular flexibility index (Phi) is 4.34. The van der Waals surface area contributed by atoms with E-state index in [1.54, 1.807) is 18.2 Å². The fourth-order valence-corrected chi connectivity index (χ4v) is 3.28. The van der Waals surface area contributed by atoms with Crippen molar-refractivity contribution in [2.45, 2.75) is 6.42 Å². The lowest BCUT2D eigenvalue weighted by atomic mass is 10.2. The molecule has 0 unspecified atom stereocenters. The number of amides is 1. The molecule has 0 aromatic heterocycles. The molecular weight excluding hydrogens is 339 g/mol. The normalized spacial score (nSPS) is 12.9. The fourth-order valence-electron chi connectivity index (χ4n) is 2.47. The first-order chi connectivity index (χ1) is 10.5. The highest BCUT2D eigenvalue weighted by molar-refractivity contribution is 7.80. The molecule has 112 valence electrons. The Morgan fingerprint density at radius 2 is 1.82 bits per heavy atom. The third-order valence-electron chi connectivity index (χ3n) is 3.48. The molecule has 0 aliphatic carbocycles. The highest BCUT2D eigenvalue weighted by Crippen LogP contribution is 2.27. The molecule has 2 aromatic rings. The molecule has 2 aromatic carbocycles. The van der Waals surface area contributed by atoms with E-state index in [0.29, 0.717) is 20.7 Å². The van der Waals surface area contributed by atoms with Crippen molar-refractivity contribution >= 4 is 52.1 Å². The van der Waals surface area contributed by atoms with Gasteiger partial charge in [-0.15, -0.1) is 0 Å². The minimum absolute atomic E-state index is 0.321. The lowest BCUT2D eigenvalue weighted by molar-refractivity contribution is 0.0977. The van der Waals surface area contributed by atoms with Crippen molar-refractivity contribution < 1.29 is 4.79 Å². The van der Waals surface area contributed by atoms with Gasteiger partial charge in [-0.05, 0) is 48.5 Å². The van der Waals surface area contributed by atoms with Crippen molar-refractivity contribution in [2.75, 3.05) is 11.4 Å². The van der Waals surface area contributed by atoms with Gasteiger partial charge in [0, 0.05) is 27.8 Å². The number of carbonyl (C=O) groups is 1. The molecular formula is C16H12Cl2N2OS. The third-order valence-corrected chi connectivity index (χ3v) is 4.24. The number of hydrogen-bond donors (Lipinski definition) is 1. The second-order valence-electron chi connectivity index (χ2n) is 4.95. The standard InChI is InChI=1S/C16H12Cl2N2OS/c17-12-7-11(8-13(18)9-12)15(21)19-16(22)20-6-5-10-3-1-2-4-14(10)20/h1-4,7-9H,5-6H2,(H,19,21,22). The zero-order valence-electron chi connectivity index (χ0n) is 11.5. The van der Waals surface area contributed by atoms with Gasteiger partial charge < -0.3 is 4.90 Å². The van der Waals surface area contributed by atoms with E-state index in [2.05, 4.69) is 11.4 Å². The second-order valence-corrected chi connectivity index (χ2v) is 6.21. The van der Waals surface area contributed by atoms with Crippen LogP contribution in [0.15, 0.2) is 42.5 Å². The first kappa shape index (κ1) is 15.3. The maximum Gasteiger partial charge on any atom is 0.257 e. The first-order valence-electron chi connectivity index (χ1n) is 6.71. The monoisotopic (exact) mass is 350 g/mol. The summed E-state index contributed by atoms with van der Waals surface area (Å²) in [5, 5.41) is 3.94. The molecule has 0 atom stereocenters. The topological polar surface area (TPSA) is 32.3 Å². The minimum atomic E-state index is -0.321. The lowest BCUT2D eigenvalue weighted by Gasteiger charge is -2.20. The van der Waals surface area contributed by atoms with Gasteiger partial charge in [0.05, 0.1) is 0 Å². The molecule has 3 nitrogen and oxygen atoms in total. The Hall–Kier alpha value is -1.62. The average molecular weight is 351 g/mol. The molecule has 0 radical (unpaired) electrons. The first-order valence-corrected chi connectivity index (χ1v) is 7.88. The van der Waals surface area contributed by atoms with Crippen molar-refractivity contribution in [2.24, 2.45) is 0 Å². The summed E-state index contributed by atoms with van der Waals surface area (Å²) >= 11 is 17.2. The number of rotatable bonds is 1. The SMILES string of the molecule is O=C(NC(=S)N1CCc2ccccc21)c1cc(Cl)cc(Cl)c1. The van der Waals surface area contributed by atoms with E-state index in [4.69, 9.17) is 35.4 Å². The Morgan fingerprint density at radius 3 is 2.55 bits per heavy atom. The number of nitrogens with one attached hydrogen (secondary N) is 1. The maximum absolute atomic E-state index is 12.3. The summed E-state index contributed by atoms with van der Waals surface area (Å²) in [6.07, 6.45) is 0.912. The van der Waals surface area contributed by atoms with E-state index in [-0.39, 0.29) is 5.91 Å². The van der Waals surface area contributed by atoms with Crippen molar-refractivity contribution in [1.82, 2.24) is 5.32 Å². The number of para-hydroxylation sites is 1. The smallest absolute Gasteiger partial charge is 0.257 e. The Labute approximate surface area is 143 Å². The van der Waals surface area contributed by atoms with Crippen LogP contribution in [0.2, 0.25) is 10.0 Å². The summed E-state index contributed by atoms with van der Waals surface area (Å²) in [5.41, 5.74) is 2.65. The van der Waals surface area contributed by atoms with Gasteiger partial charge in [-0.25, -0.2) is 0 Å². The van der Waals surface area contributed by atoms with Gasteiger partial charge >= 0.3 is 0 Å². The molecule has 1 amide bonds. The van der Waals surface area contributed by atoms with E-state index in [9.17, 15) is 4.79 Å². The Morgan fingerprint density at radius 1 is 1.14 bits per heavy atom. The summed E-state index contributed by atoms with van der Waals surface area (Å²) in [6.45, 7) is 0.759. The van der Waals surface area contributed by atoms with Gasteiger partial charge in [-0.3, -0.25) is 10.1 Å². The molecule has 22 heavy (non-hydrogen) atoms. The van der Waals surface area contributed by atoms with Crippen LogP contribution in [0.3, 0.4) is 0 Å². The number of nitrogens with zero attached hydrogens (tertiary/aromatic N) is 1. The molecule has 6 heteroatoms. The summed E-state index contributed by atoms with van der Waals surface area (Å²) in [6, 6.07) is 12.7. The summed E-state index contributed by atoms with van der Waals surface area (Å²) in [4.78, 5) is 14.2. The van der Waals surface area contributed by atoms with Crippen molar-refractivity contribution in [3.05, 3.63) is 63.6 Å². The van der Waals surface area contributed by atoms with E-state index >= 15 is 0 Å². The molecule has 0 bridgehead atoms. The predicted molar refractivity (Wildman–Crippen MR) is 94.0 cm³/mol. The summed E-state index contributed by atoms with van der Waals surface area (Å²) in [7, 11) is 0. The van der Waals surface area contributed by atoms with Crippen LogP contribution in [-0.2, 0) is 6.42 Å². The van der Waals surface area contributed by atoms with Gasteiger partial charge in [0.1, 0.15) is 0 Å². The molecule has 1 N–H and O–H groups in total. The highest BCUT2D eigenvalue weighted by atomic mass is 35.5. The lowest BCUT2D eigenvalue weighted by Crippen LogP contribution is -2.41. The Bertz CT molecular complexity index is 743. The number of halogens is 2. The number of thiocarbonyl (C=S) groups is 1. The van der Waals surface area contributed by atoms with Crippen LogP contribution >= 0.6 is 35.4 Å². The van der Waals surface area contributed by atoms with Crippen LogP contribution < -0.4 is 10.2 Å². The van der Waals surface area contributed by atoms with Gasteiger partial charge in [0.15, 0.2) is 5.11 Å². The molecule has 0 saturated carbocycles. The van der Waals surface area contributed by atoms with Gasteiger partial charge in [0.2, 0.25) is 0 Å². The molecule has 0 spiro atoms.